The third-order valence-electron chi connectivity index (χ3n) is 2.93. The average molecular weight is 260 g/mol. The van der Waals surface area contributed by atoms with E-state index in [0.717, 1.165) is 19.4 Å². The van der Waals surface area contributed by atoms with Gasteiger partial charge in [-0.3, -0.25) is 4.79 Å². The highest BCUT2D eigenvalue weighted by molar-refractivity contribution is 7.80. The van der Waals surface area contributed by atoms with Crippen LogP contribution in [0, 0.1) is 5.41 Å². The van der Waals surface area contributed by atoms with Crippen LogP contribution in [-0.2, 0) is 9.53 Å². The molecule has 1 unspecified atom stereocenters. The summed E-state index contributed by atoms with van der Waals surface area (Å²) in [4.78, 5) is 12.1. The molecule has 0 heterocycles. The van der Waals surface area contributed by atoms with Crippen molar-refractivity contribution in [1.29, 1.82) is 0 Å². The van der Waals surface area contributed by atoms with Gasteiger partial charge in [0.15, 0.2) is 0 Å². The maximum atomic E-state index is 11.9. The van der Waals surface area contributed by atoms with Gasteiger partial charge in [0.05, 0.1) is 17.0 Å². The van der Waals surface area contributed by atoms with Crippen molar-refractivity contribution in [2.45, 2.75) is 40.0 Å². The molecule has 0 aromatic heterocycles. The van der Waals surface area contributed by atoms with Crippen LogP contribution in [0.2, 0.25) is 0 Å². The summed E-state index contributed by atoms with van der Waals surface area (Å²) >= 11 is 4.93. The van der Waals surface area contributed by atoms with Crippen molar-refractivity contribution < 1.29 is 9.53 Å². The van der Waals surface area contributed by atoms with Crippen LogP contribution in [0.3, 0.4) is 0 Å². The topological polar surface area (TPSA) is 64.3 Å². The van der Waals surface area contributed by atoms with Crippen molar-refractivity contribution in [3.63, 3.8) is 0 Å². The normalized spacial score (nSPS) is 14.1. The van der Waals surface area contributed by atoms with E-state index in [1.807, 2.05) is 6.92 Å². The zero-order valence-electron chi connectivity index (χ0n) is 11.0. The molecule has 0 spiro atoms. The molecule has 0 aromatic carbocycles. The minimum absolute atomic E-state index is 0.119. The molecule has 1 amide bonds. The minimum Gasteiger partial charge on any atom is -0.392 e. The molecule has 0 aromatic rings. The van der Waals surface area contributed by atoms with Crippen LogP contribution in [0.15, 0.2) is 0 Å². The lowest BCUT2D eigenvalue weighted by atomic mass is 9.86. The summed E-state index contributed by atoms with van der Waals surface area (Å²) in [6.07, 6.45) is 2.76. The molecule has 0 radical (unpaired) electrons. The molecular formula is C12H24N2O2S. The van der Waals surface area contributed by atoms with Gasteiger partial charge >= 0.3 is 0 Å². The van der Waals surface area contributed by atoms with Crippen molar-refractivity contribution in [2.75, 3.05) is 19.8 Å². The van der Waals surface area contributed by atoms with Crippen LogP contribution in [0.1, 0.15) is 40.0 Å². The molecule has 4 nitrogen and oxygen atoms in total. The van der Waals surface area contributed by atoms with Gasteiger partial charge in [0.2, 0.25) is 5.91 Å². The molecule has 0 bridgehead atoms. The van der Waals surface area contributed by atoms with Gasteiger partial charge in [0, 0.05) is 13.2 Å². The molecule has 0 saturated heterocycles. The fourth-order valence-electron chi connectivity index (χ4n) is 1.23. The number of thiocarbonyl (C=S) groups is 1. The minimum atomic E-state index is -0.751. The Morgan fingerprint density at radius 3 is 2.53 bits per heavy atom. The number of carbonyl (C=O) groups excluding carboxylic acids is 1. The van der Waals surface area contributed by atoms with Crippen LogP contribution >= 0.6 is 12.2 Å². The highest BCUT2D eigenvalue weighted by atomic mass is 32.1. The van der Waals surface area contributed by atoms with Gasteiger partial charge in [-0.15, -0.1) is 0 Å². The van der Waals surface area contributed by atoms with Gasteiger partial charge in [-0.05, 0) is 19.8 Å². The number of unbranched alkanes of at least 4 members (excludes halogenated alkanes) is 1. The van der Waals surface area contributed by atoms with E-state index in [9.17, 15) is 4.79 Å². The quantitative estimate of drug-likeness (QED) is 0.488. The number of ether oxygens (including phenoxy) is 1. The van der Waals surface area contributed by atoms with E-state index in [0.29, 0.717) is 19.6 Å². The van der Waals surface area contributed by atoms with Gasteiger partial charge in [-0.1, -0.05) is 32.5 Å². The molecule has 0 fully saturated rings. The van der Waals surface area contributed by atoms with Crippen molar-refractivity contribution in [1.82, 2.24) is 5.32 Å². The van der Waals surface area contributed by atoms with Crippen LogP contribution < -0.4 is 11.1 Å². The summed E-state index contributed by atoms with van der Waals surface area (Å²) in [5, 5.41) is 2.80. The Hall–Kier alpha value is -0.680. The SMILES string of the molecule is CCCCOCCNC(=O)C(C)(CC)C(N)=S. The molecule has 1 atom stereocenters. The van der Waals surface area contributed by atoms with E-state index in [2.05, 4.69) is 12.2 Å². The maximum absolute atomic E-state index is 11.9. The van der Waals surface area contributed by atoms with Crippen LogP contribution in [0.25, 0.3) is 0 Å². The second kappa shape index (κ2) is 8.42. The first-order valence-corrected chi connectivity index (χ1v) is 6.55. The number of rotatable bonds is 9. The third-order valence-corrected chi connectivity index (χ3v) is 3.38. The number of nitrogens with one attached hydrogen (secondary N) is 1. The molecule has 3 N–H and O–H groups in total. The highest BCUT2D eigenvalue weighted by Gasteiger charge is 2.34. The zero-order valence-corrected chi connectivity index (χ0v) is 11.9. The Morgan fingerprint density at radius 2 is 2.06 bits per heavy atom. The molecule has 0 aliphatic carbocycles. The van der Waals surface area contributed by atoms with E-state index in [1.54, 1.807) is 6.92 Å². The number of hydrogen-bond donors (Lipinski definition) is 2. The standard InChI is InChI=1S/C12H24N2O2S/c1-4-6-8-16-9-7-14-11(15)12(3,5-2)10(13)17/h4-9H2,1-3H3,(H2,13,17)(H,14,15). The smallest absolute Gasteiger partial charge is 0.232 e. The van der Waals surface area contributed by atoms with E-state index >= 15 is 0 Å². The Morgan fingerprint density at radius 1 is 1.41 bits per heavy atom. The molecule has 0 aliphatic rings. The predicted molar refractivity (Wildman–Crippen MR) is 73.9 cm³/mol. The molecule has 5 heteroatoms. The lowest BCUT2D eigenvalue weighted by Gasteiger charge is -2.25. The predicted octanol–water partition coefficient (Wildman–Crippen LogP) is 1.62. The monoisotopic (exact) mass is 260 g/mol. The van der Waals surface area contributed by atoms with Crippen LogP contribution in [0.5, 0.6) is 0 Å². The van der Waals surface area contributed by atoms with E-state index in [1.165, 1.54) is 0 Å². The second-order valence-electron chi connectivity index (χ2n) is 4.27. The molecule has 100 valence electrons. The Kier molecular flexibility index (Phi) is 8.08. The van der Waals surface area contributed by atoms with Crippen LogP contribution in [-0.4, -0.2) is 30.7 Å². The van der Waals surface area contributed by atoms with E-state index < -0.39 is 5.41 Å². The lowest BCUT2D eigenvalue weighted by molar-refractivity contribution is -0.127. The van der Waals surface area contributed by atoms with Crippen molar-refractivity contribution in [2.24, 2.45) is 11.1 Å². The number of hydrogen-bond acceptors (Lipinski definition) is 3. The molecule has 0 aliphatic heterocycles. The fourth-order valence-corrected chi connectivity index (χ4v) is 1.46. The first-order valence-electron chi connectivity index (χ1n) is 6.15. The molecule has 0 saturated carbocycles. The van der Waals surface area contributed by atoms with Gasteiger partial charge < -0.3 is 15.8 Å². The summed E-state index contributed by atoms with van der Waals surface area (Å²) in [5.74, 6) is -0.119. The first kappa shape index (κ1) is 16.3. The molecule has 0 rings (SSSR count). The summed E-state index contributed by atoms with van der Waals surface area (Å²) in [5.41, 5.74) is 4.84. The molecule has 17 heavy (non-hydrogen) atoms. The van der Waals surface area contributed by atoms with Gasteiger partial charge in [-0.25, -0.2) is 0 Å². The highest BCUT2D eigenvalue weighted by Crippen LogP contribution is 2.21. The third kappa shape index (κ3) is 5.46. The van der Waals surface area contributed by atoms with Gasteiger partial charge in [0.1, 0.15) is 0 Å². The summed E-state index contributed by atoms with van der Waals surface area (Å²) in [7, 11) is 0. The van der Waals surface area contributed by atoms with Gasteiger partial charge in [0.25, 0.3) is 0 Å². The number of nitrogens with two attached hydrogens (primary N) is 1. The van der Waals surface area contributed by atoms with Crippen molar-refractivity contribution in [3.8, 4) is 0 Å². The summed E-state index contributed by atoms with van der Waals surface area (Å²) < 4.78 is 5.35. The Bertz CT molecular complexity index is 259. The van der Waals surface area contributed by atoms with Crippen molar-refractivity contribution in [3.05, 3.63) is 0 Å². The summed E-state index contributed by atoms with van der Waals surface area (Å²) in [6.45, 7) is 7.55. The van der Waals surface area contributed by atoms with Gasteiger partial charge in [-0.2, -0.15) is 0 Å². The van der Waals surface area contributed by atoms with E-state index in [-0.39, 0.29) is 10.9 Å². The maximum Gasteiger partial charge on any atom is 0.232 e. The lowest BCUT2D eigenvalue weighted by Crippen LogP contribution is -2.47. The first-order chi connectivity index (χ1) is 7.99. The molecular weight excluding hydrogens is 236 g/mol. The fraction of sp³-hybridized carbons (Fsp3) is 0.833. The van der Waals surface area contributed by atoms with Crippen LogP contribution in [0.4, 0.5) is 0 Å². The van der Waals surface area contributed by atoms with E-state index in [4.69, 9.17) is 22.7 Å². The van der Waals surface area contributed by atoms with Crippen molar-refractivity contribution >= 4 is 23.1 Å². The number of amides is 1. The number of carbonyl (C=O) groups is 1. The Labute approximate surface area is 109 Å². The average Bonchev–Trinajstić information content (AvgIpc) is 2.31. The summed E-state index contributed by atoms with van der Waals surface area (Å²) in [6, 6.07) is 0. The zero-order chi connectivity index (χ0) is 13.3. The Balaban J connectivity index is 3.89. The second-order valence-corrected chi connectivity index (χ2v) is 4.71. The largest absolute Gasteiger partial charge is 0.392 e.